The van der Waals surface area contributed by atoms with Crippen LogP contribution in [0.3, 0.4) is 0 Å². The first-order chi connectivity index (χ1) is 6.07. The van der Waals surface area contributed by atoms with Crippen LogP contribution in [0.25, 0.3) is 0 Å². The minimum Gasteiger partial charge on any atom is -0.394 e. The molecule has 7 heteroatoms. The van der Waals surface area contributed by atoms with Gasteiger partial charge in [0.05, 0.1) is 6.61 Å². The zero-order valence-electron chi connectivity index (χ0n) is 6.53. The summed E-state index contributed by atoms with van der Waals surface area (Å²) in [6, 6.07) is 0. The normalized spacial score (nSPS) is 26.2. The number of aliphatic hydroxyl groups is 4. The van der Waals surface area contributed by atoms with Crippen molar-refractivity contribution < 1.29 is 35.0 Å². The molecular weight excluding hydrogens is 184 g/mol. The topological polar surface area (TPSA) is 123 Å². The van der Waals surface area contributed by atoms with Gasteiger partial charge < -0.3 is 20.4 Å². The molecule has 0 saturated carbocycles. The lowest BCUT2D eigenvalue weighted by molar-refractivity contribution is -0.130. The van der Waals surface area contributed by atoms with E-state index < -0.39 is 30.7 Å². The van der Waals surface area contributed by atoms with Crippen molar-refractivity contribution in [3.8, 4) is 0 Å². The van der Waals surface area contributed by atoms with Gasteiger partial charge >= 0.3 is 5.79 Å². The van der Waals surface area contributed by atoms with Crippen LogP contribution in [-0.2, 0) is 14.6 Å². The first kappa shape index (κ1) is 10.5. The molecule has 1 aliphatic rings. The highest BCUT2D eigenvalue weighted by atomic mass is 17.4. The first-order valence-electron chi connectivity index (χ1n) is 3.55. The van der Waals surface area contributed by atoms with Crippen LogP contribution in [0, 0.1) is 0 Å². The number of aliphatic hydroxyl groups excluding tert-OH is 4. The quantitative estimate of drug-likeness (QED) is 0.208. The summed E-state index contributed by atoms with van der Waals surface area (Å²) in [5.74, 6) is -1.89. The number of carbonyl (C=O) groups is 1. The van der Waals surface area contributed by atoms with Crippen molar-refractivity contribution in [1.82, 2.24) is 0 Å². The van der Waals surface area contributed by atoms with Gasteiger partial charge in [-0.3, -0.25) is 4.79 Å². The number of rotatable bonds is 5. The number of carbonyl (C=O) groups excluding carboxylic acids is 1. The molecule has 0 bridgehead atoms. The van der Waals surface area contributed by atoms with Crippen LogP contribution in [-0.4, -0.2) is 57.4 Å². The van der Waals surface area contributed by atoms with Gasteiger partial charge in [0.1, 0.15) is 18.3 Å². The third-order valence-electron chi connectivity index (χ3n) is 1.76. The predicted octanol–water partition coefficient (Wildman–Crippen LogP) is -3.08. The van der Waals surface area contributed by atoms with E-state index in [1.807, 2.05) is 0 Å². The molecule has 7 nitrogen and oxygen atoms in total. The van der Waals surface area contributed by atoms with E-state index in [2.05, 4.69) is 9.78 Å². The Kier molecular flexibility index (Phi) is 2.96. The van der Waals surface area contributed by atoms with Crippen LogP contribution in [0.4, 0.5) is 0 Å². The molecule has 13 heavy (non-hydrogen) atoms. The number of hydrogen-bond acceptors (Lipinski definition) is 7. The minimum atomic E-state index is -1.89. The average Bonchev–Trinajstić information content (AvgIpc) is 2.95. The first-order valence-corrected chi connectivity index (χ1v) is 3.55. The fourth-order valence-corrected chi connectivity index (χ4v) is 0.812. The van der Waals surface area contributed by atoms with Crippen molar-refractivity contribution in [1.29, 1.82) is 0 Å². The van der Waals surface area contributed by atoms with Gasteiger partial charge in [0.2, 0.25) is 0 Å². The summed E-state index contributed by atoms with van der Waals surface area (Å²) in [7, 11) is 0. The third kappa shape index (κ3) is 1.85. The molecule has 4 N–H and O–H groups in total. The second-order valence-electron chi connectivity index (χ2n) is 2.69. The lowest BCUT2D eigenvalue weighted by Crippen LogP contribution is -2.48. The van der Waals surface area contributed by atoms with E-state index in [1.54, 1.807) is 0 Å². The summed E-state index contributed by atoms with van der Waals surface area (Å²) in [6.07, 6.45) is -4.84. The van der Waals surface area contributed by atoms with Crippen molar-refractivity contribution in [2.24, 2.45) is 0 Å². The van der Waals surface area contributed by atoms with Gasteiger partial charge in [-0.05, 0) is 0 Å². The second kappa shape index (κ2) is 3.66. The molecular formula is C6H10O7. The highest BCUT2D eigenvalue weighted by Gasteiger charge is 2.59. The molecule has 76 valence electrons. The molecule has 0 aromatic carbocycles. The maximum absolute atomic E-state index is 10.3. The van der Waals surface area contributed by atoms with Gasteiger partial charge in [-0.15, -0.1) is 0 Å². The molecule has 1 heterocycles. The summed E-state index contributed by atoms with van der Waals surface area (Å²) in [5.41, 5.74) is 0. The van der Waals surface area contributed by atoms with Crippen LogP contribution in [0.2, 0.25) is 0 Å². The lowest BCUT2D eigenvalue weighted by Gasteiger charge is -2.20. The summed E-state index contributed by atoms with van der Waals surface area (Å²) in [4.78, 5) is 18.6. The Labute approximate surface area is 73.1 Å². The maximum Gasteiger partial charge on any atom is 0.316 e. The van der Waals surface area contributed by atoms with Crippen LogP contribution in [0.1, 0.15) is 0 Å². The molecule has 3 atom stereocenters. The standard InChI is InChI=1S/C6H10O7/c7-1-3(9)4(10)5(11)6(2-8)12-13-6/h2-5,7,9-11H,1H2. The monoisotopic (exact) mass is 194 g/mol. The molecule has 3 unspecified atom stereocenters. The van der Waals surface area contributed by atoms with Crippen molar-refractivity contribution >= 4 is 6.29 Å². The summed E-state index contributed by atoms with van der Waals surface area (Å²) in [5, 5.41) is 35.6. The lowest BCUT2D eigenvalue weighted by atomic mass is 10.0. The zero-order chi connectivity index (χ0) is 10.1. The molecule has 0 spiro atoms. The third-order valence-corrected chi connectivity index (χ3v) is 1.76. The van der Waals surface area contributed by atoms with Gasteiger partial charge in [0, 0.05) is 0 Å². The van der Waals surface area contributed by atoms with Crippen LogP contribution < -0.4 is 0 Å². The van der Waals surface area contributed by atoms with E-state index in [4.69, 9.17) is 15.3 Å². The van der Waals surface area contributed by atoms with Crippen LogP contribution in [0.15, 0.2) is 0 Å². The summed E-state index contributed by atoms with van der Waals surface area (Å²) in [6.45, 7) is -0.743. The van der Waals surface area contributed by atoms with Crippen molar-refractivity contribution in [2.45, 2.75) is 24.1 Å². The van der Waals surface area contributed by atoms with Crippen LogP contribution >= 0.6 is 0 Å². The van der Waals surface area contributed by atoms with Gasteiger partial charge in [-0.25, -0.2) is 0 Å². The molecule has 0 aromatic heterocycles. The molecule has 0 radical (unpaired) electrons. The highest BCUT2D eigenvalue weighted by Crippen LogP contribution is 2.33. The summed E-state index contributed by atoms with van der Waals surface area (Å²) >= 11 is 0. The molecule has 1 rings (SSSR count). The van der Waals surface area contributed by atoms with Gasteiger partial charge in [-0.1, -0.05) is 0 Å². The number of aldehydes is 1. The summed E-state index contributed by atoms with van der Waals surface area (Å²) < 4.78 is 0. The largest absolute Gasteiger partial charge is 0.394 e. The zero-order valence-corrected chi connectivity index (χ0v) is 6.53. The molecule has 0 amide bonds. The highest BCUT2D eigenvalue weighted by molar-refractivity contribution is 5.63. The van der Waals surface area contributed by atoms with E-state index in [-0.39, 0.29) is 6.29 Å². The van der Waals surface area contributed by atoms with E-state index >= 15 is 0 Å². The van der Waals surface area contributed by atoms with E-state index in [1.165, 1.54) is 0 Å². The molecule has 1 aliphatic heterocycles. The molecule has 1 saturated heterocycles. The van der Waals surface area contributed by atoms with Crippen molar-refractivity contribution in [3.63, 3.8) is 0 Å². The van der Waals surface area contributed by atoms with Crippen molar-refractivity contribution in [2.75, 3.05) is 6.61 Å². The molecule has 1 fully saturated rings. The van der Waals surface area contributed by atoms with E-state index in [0.717, 1.165) is 0 Å². The van der Waals surface area contributed by atoms with Crippen LogP contribution in [0.5, 0.6) is 0 Å². The Morgan fingerprint density at radius 1 is 1.31 bits per heavy atom. The molecule has 0 aromatic rings. The van der Waals surface area contributed by atoms with Gasteiger partial charge in [-0.2, -0.15) is 9.78 Å². The number of hydrogen-bond donors (Lipinski definition) is 4. The Bertz CT molecular complexity index is 189. The Balaban J connectivity index is 2.56. The van der Waals surface area contributed by atoms with Crippen molar-refractivity contribution in [3.05, 3.63) is 0 Å². The predicted molar refractivity (Wildman–Crippen MR) is 36.1 cm³/mol. The molecule has 0 aliphatic carbocycles. The fourth-order valence-electron chi connectivity index (χ4n) is 0.812. The smallest absolute Gasteiger partial charge is 0.316 e. The fraction of sp³-hybridized carbons (Fsp3) is 0.833. The second-order valence-corrected chi connectivity index (χ2v) is 2.69. The van der Waals surface area contributed by atoms with E-state index in [0.29, 0.717) is 0 Å². The average molecular weight is 194 g/mol. The SMILES string of the molecule is O=CC1(C(O)C(O)C(O)CO)OO1. The Hall–Kier alpha value is -0.570. The Morgan fingerprint density at radius 3 is 2.15 bits per heavy atom. The minimum absolute atomic E-state index is 0.158. The van der Waals surface area contributed by atoms with E-state index in [9.17, 15) is 9.90 Å². The maximum atomic E-state index is 10.3. The Morgan fingerprint density at radius 2 is 1.85 bits per heavy atom. The van der Waals surface area contributed by atoms with Gasteiger partial charge in [0.25, 0.3) is 0 Å². The van der Waals surface area contributed by atoms with Gasteiger partial charge in [0.15, 0.2) is 6.29 Å².